The summed E-state index contributed by atoms with van der Waals surface area (Å²) in [5.41, 5.74) is 1.19. The molecule has 0 aromatic carbocycles. The van der Waals surface area contributed by atoms with Crippen molar-refractivity contribution in [3.63, 3.8) is 0 Å². The molecule has 0 atom stereocenters. The summed E-state index contributed by atoms with van der Waals surface area (Å²) in [6.45, 7) is 3.47. The molecule has 0 radical (unpaired) electrons. The zero-order valence-electron chi connectivity index (χ0n) is 5.73. The van der Waals surface area contributed by atoms with E-state index in [2.05, 4.69) is 10.2 Å². The normalized spacial score (nSPS) is 9.90. The number of aromatic nitrogens is 2. The van der Waals surface area contributed by atoms with Gasteiger partial charge in [-0.2, -0.15) is 5.10 Å². The van der Waals surface area contributed by atoms with Crippen molar-refractivity contribution in [1.82, 2.24) is 10.2 Å². The second-order valence-corrected chi connectivity index (χ2v) is 2.45. The Morgan fingerprint density at radius 2 is 2.00 bits per heavy atom. The molecule has 1 N–H and O–H groups in total. The number of H-pyrrole nitrogens is 1. The summed E-state index contributed by atoms with van der Waals surface area (Å²) in [7, 11) is 0. The van der Waals surface area contributed by atoms with E-state index in [-0.39, 0.29) is 5.56 Å². The van der Waals surface area contributed by atoms with Crippen molar-refractivity contribution >= 4 is 11.6 Å². The second-order valence-electron chi connectivity index (χ2n) is 2.09. The molecular weight excluding hydrogens is 152 g/mol. The number of aromatic amines is 1. The predicted octanol–water partition coefficient (Wildman–Crippen LogP) is 1.04. The van der Waals surface area contributed by atoms with Crippen molar-refractivity contribution < 1.29 is 0 Å². The molecule has 1 aromatic rings. The monoisotopic (exact) mass is 158 g/mol. The van der Waals surface area contributed by atoms with Crippen LogP contribution in [0, 0.1) is 13.8 Å². The van der Waals surface area contributed by atoms with E-state index in [1.165, 1.54) is 0 Å². The second kappa shape index (κ2) is 2.42. The average Bonchev–Trinajstić information content (AvgIpc) is 1.93. The van der Waals surface area contributed by atoms with Crippen molar-refractivity contribution in [1.29, 1.82) is 0 Å². The van der Waals surface area contributed by atoms with Crippen LogP contribution in [0.15, 0.2) is 4.79 Å². The molecule has 0 saturated carbocycles. The molecule has 0 aliphatic heterocycles. The maximum absolute atomic E-state index is 10.8. The van der Waals surface area contributed by atoms with E-state index in [1.807, 2.05) is 0 Å². The molecule has 0 spiro atoms. The Morgan fingerprint density at radius 3 is 2.50 bits per heavy atom. The summed E-state index contributed by atoms with van der Waals surface area (Å²) in [6.07, 6.45) is 0. The van der Waals surface area contributed by atoms with Crippen molar-refractivity contribution in [3.05, 3.63) is 26.6 Å². The molecule has 0 fully saturated rings. The summed E-state index contributed by atoms with van der Waals surface area (Å²) in [5.74, 6) is 0. The first-order valence-corrected chi connectivity index (χ1v) is 3.22. The fourth-order valence-corrected chi connectivity index (χ4v) is 0.777. The third-order valence-electron chi connectivity index (χ3n) is 1.47. The summed E-state index contributed by atoms with van der Waals surface area (Å²) in [5, 5.41) is 6.20. The Bertz CT molecular complexity index is 305. The third kappa shape index (κ3) is 1.04. The molecule has 0 aliphatic rings. The standard InChI is InChI=1S/C6H7ClN2O/c1-3-4(2)6(10)9-8-5(3)7/h1-2H3,(H,9,10). The number of hydrogen-bond acceptors (Lipinski definition) is 2. The lowest BCUT2D eigenvalue weighted by atomic mass is 10.2. The van der Waals surface area contributed by atoms with Crippen LogP contribution in [0.3, 0.4) is 0 Å². The lowest BCUT2D eigenvalue weighted by Crippen LogP contribution is -2.12. The quantitative estimate of drug-likeness (QED) is 0.613. The lowest BCUT2D eigenvalue weighted by Gasteiger charge is -1.96. The maximum atomic E-state index is 10.8. The molecule has 0 unspecified atom stereocenters. The van der Waals surface area contributed by atoms with Gasteiger partial charge in [-0.15, -0.1) is 0 Å². The summed E-state index contributed by atoms with van der Waals surface area (Å²) < 4.78 is 0. The van der Waals surface area contributed by atoms with Gasteiger partial charge in [0.25, 0.3) is 5.56 Å². The SMILES string of the molecule is Cc1c(Cl)n[nH]c(=O)c1C. The van der Waals surface area contributed by atoms with Gasteiger partial charge in [0.2, 0.25) is 0 Å². The van der Waals surface area contributed by atoms with Crippen LogP contribution in [-0.2, 0) is 0 Å². The molecule has 1 rings (SSSR count). The molecule has 1 aromatic heterocycles. The zero-order chi connectivity index (χ0) is 7.72. The van der Waals surface area contributed by atoms with E-state index in [9.17, 15) is 4.79 Å². The smallest absolute Gasteiger partial charge is 0.267 e. The lowest BCUT2D eigenvalue weighted by molar-refractivity contribution is 0.952. The minimum Gasteiger partial charge on any atom is -0.268 e. The Hall–Kier alpha value is -0.830. The zero-order valence-corrected chi connectivity index (χ0v) is 6.49. The van der Waals surface area contributed by atoms with E-state index in [4.69, 9.17) is 11.6 Å². The molecule has 0 bridgehead atoms. The number of nitrogens with one attached hydrogen (secondary N) is 1. The van der Waals surface area contributed by atoms with Crippen LogP contribution >= 0.6 is 11.6 Å². The minimum atomic E-state index is -0.179. The Kier molecular flexibility index (Phi) is 1.76. The van der Waals surface area contributed by atoms with Crippen LogP contribution < -0.4 is 5.56 Å². The third-order valence-corrected chi connectivity index (χ3v) is 1.84. The van der Waals surface area contributed by atoms with E-state index in [0.29, 0.717) is 10.7 Å². The van der Waals surface area contributed by atoms with Crippen LogP contribution in [-0.4, -0.2) is 10.2 Å². The van der Waals surface area contributed by atoms with E-state index in [1.54, 1.807) is 13.8 Å². The fraction of sp³-hybridized carbons (Fsp3) is 0.333. The van der Waals surface area contributed by atoms with E-state index < -0.39 is 0 Å². The maximum Gasteiger partial charge on any atom is 0.267 e. The molecule has 0 amide bonds. The predicted molar refractivity (Wildman–Crippen MR) is 39.3 cm³/mol. The molecular formula is C6H7ClN2O. The largest absolute Gasteiger partial charge is 0.268 e. The average molecular weight is 159 g/mol. The van der Waals surface area contributed by atoms with Gasteiger partial charge in [-0.3, -0.25) is 4.79 Å². The molecule has 1 heterocycles. The van der Waals surface area contributed by atoms with Gasteiger partial charge in [-0.05, 0) is 19.4 Å². The molecule has 4 heteroatoms. The number of nitrogens with zero attached hydrogens (tertiary/aromatic N) is 1. The van der Waals surface area contributed by atoms with Crippen molar-refractivity contribution in [2.24, 2.45) is 0 Å². The van der Waals surface area contributed by atoms with Crippen LogP contribution in [0.25, 0.3) is 0 Å². The summed E-state index contributed by atoms with van der Waals surface area (Å²) in [4.78, 5) is 10.8. The first-order chi connectivity index (χ1) is 4.63. The fourth-order valence-electron chi connectivity index (χ4n) is 0.593. The van der Waals surface area contributed by atoms with Crippen LogP contribution in [0.5, 0.6) is 0 Å². The highest BCUT2D eigenvalue weighted by atomic mass is 35.5. The van der Waals surface area contributed by atoms with Crippen LogP contribution in [0.4, 0.5) is 0 Å². The highest BCUT2D eigenvalue weighted by Crippen LogP contribution is 2.09. The van der Waals surface area contributed by atoms with Crippen LogP contribution in [0.2, 0.25) is 5.15 Å². The van der Waals surface area contributed by atoms with Gasteiger partial charge in [-0.25, -0.2) is 5.10 Å². The van der Waals surface area contributed by atoms with Crippen molar-refractivity contribution in [2.45, 2.75) is 13.8 Å². The van der Waals surface area contributed by atoms with Gasteiger partial charge in [-0.1, -0.05) is 11.6 Å². The molecule has 3 nitrogen and oxygen atoms in total. The molecule has 0 aliphatic carbocycles. The summed E-state index contributed by atoms with van der Waals surface area (Å²) >= 11 is 5.60. The van der Waals surface area contributed by atoms with Crippen LogP contribution in [0.1, 0.15) is 11.1 Å². The first-order valence-electron chi connectivity index (χ1n) is 2.84. The minimum absolute atomic E-state index is 0.179. The van der Waals surface area contributed by atoms with Crippen molar-refractivity contribution in [2.75, 3.05) is 0 Å². The Labute approximate surface area is 63.0 Å². The molecule has 10 heavy (non-hydrogen) atoms. The van der Waals surface area contributed by atoms with Gasteiger partial charge in [0.1, 0.15) is 0 Å². The van der Waals surface area contributed by atoms with Crippen molar-refractivity contribution in [3.8, 4) is 0 Å². The van der Waals surface area contributed by atoms with Gasteiger partial charge in [0.05, 0.1) is 0 Å². The topological polar surface area (TPSA) is 45.8 Å². The number of hydrogen-bond donors (Lipinski definition) is 1. The van der Waals surface area contributed by atoms with Gasteiger partial charge < -0.3 is 0 Å². The van der Waals surface area contributed by atoms with Gasteiger partial charge in [0, 0.05) is 5.56 Å². The van der Waals surface area contributed by atoms with Gasteiger partial charge >= 0.3 is 0 Å². The Balaban J connectivity index is 3.49. The first kappa shape index (κ1) is 7.28. The Morgan fingerprint density at radius 1 is 1.40 bits per heavy atom. The number of halogens is 1. The van der Waals surface area contributed by atoms with Gasteiger partial charge in [0.15, 0.2) is 5.15 Å². The number of rotatable bonds is 0. The molecule has 0 saturated heterocycles. The highest BCUT2D eigenvalue weighted by molar-refractivity contribution is 6.30. The van der Waals surface area contributed by atoms with E-state index in [0.717, 1.165) is 5.56 Å². The highest BCUT2D eigenvalue weighted by Gasteiger charge is 2.01. The summed E-state index contributed by atoms with van der Waals surface area (Å²) in [6, 6.07) is 0. The molecule has 54 valence electrons. The van der Waals surface area contributed by atoms with E-state index >= 15 is 0 Å².